The first-order chi connectivity index (χ1) is 14.4. The summed E-state index contributed by atoms with van der Waals surface area (Å²) in [5, 5.41) is 3.71. The number of benzene rings is 4. The minimum atomic E-state index is 0.134. The van der Waals surface area contributed by atoms with Gasteiger partial charge in [0.25, 0.3) is 0 Å². The first kappa shape index (κ1) is 17.4. The maximum absolute atomic E-state index is 5.05. The van der Waals surface area contributed by atoms with Gasteiger partial charge in [0.05, 0.1) is 23.1 Å². The summed E-state index contributed by atoms with van der Waals surface area (Å²) in [6.45, 7) is 0. The number of hydrogen-bond acceptors (Lipinski definition) is 2. The van der Waals surface area contributed by atoms with E-state index in [-0.39, 0.29) is 6.04 Å². The largest absolute Gasteiger partial charge is 0.375 e. The van der Waals surface area contributed by atoms with E-state index in [0.29, 0.717) is 0 Å². The molecule has 0 spiro atoms. The molecule has 5 rings (SSSR count). The van der Waals surface area contributed by atoms with Gasteiger partial charge in [0.2, 0.25) is 0 Å². The molecule has 0 saturated carbocycles. The van der Waals surface area contributed by atoms with Gasteiger partial charge in [0.15, 0.2) is 0 Å². The molecule has 0 amide bonds. The fourth-order valence-corrected chi connectivity index (χ4v) is 3.88. The van der Waals surface area contributed by atoms with Gasteiger partial charge < -0.3 is 5.32 Å². The number of nitrogens with one attached hydrogen (secondary N) is 1. The zero-order valence-corrected chi connectivity index (χ0v) is 16.1. The van der Waals surface area contributed by atoms with Crippen molar-refractivity contribution in [1.82, 2.24) is 0 Å². The maximum atomic E-state index is 5.05. The van der Waals surface area contributed by atoms with Crippen LogP contribution in [0.5, 0.6) is 0 Å². The van der Waals surface area contributed by atoms with Crippen LogP contribution < -0.4 is 5.32 Å². The molecule has 140 valence electrons. The van der Waals surface area contributed by atoms with E-state index in [1.807, 2.05) is 12.1 Å². The Morgan fingerprint density at radius 3 is 1.93 bits per heavy atom. The van der Waals surface area contributed by atoms with Crippen molar-refractivity contribution in [2.75, 3.05) is 5.32 Å². The van der Waals surface area contributed by atoms with E-state index in [0.717, 1.165) is 29.1 Å². The fourth-order valence-electron chi connectivity index (χ4n) is 3.88. The number of para-hydroxylation sites is 2. The van der Waals surface area contributed by atoms with Gasteiger partial charge in [-0.25, -0.2) is 4.99 Å². The third-order valence-electron chi connectivity index (χ3n) is 5.38. The first-order valence-corrected chi connectivity index (χ1v) is 10.0. The molecule has 0 saturated heterocycles. The minimum Gasteiger partial charge on any atom is -0.375 e. The van der Waals surface area contributed by atoms with E-state index in [1.165, 1.54) is 16.7 Å². The summed E-state index contributed by atoms with van der Waals surface area (Å²) in [4.78, 5) is 5.05. The normalized spacial score (nSPS) is 15.2. The van der Waals surface area contributed by atoms with Crippen LogP contribution in [0.25, 0.3) is 11.1 Å². The van der Waals surface area contributed by atoms with Crippen LogP contribution in [0.1, 0.15) is 11.1 Å². The van der Waals surface area contributed by atoms with Crippen LogP contribution in [0.3, 0.4) is 0 Å². The van der Waals surface area contributed by atoms with Gasteiger partial charge in [-0.2, -0.15) is 0 Å². The van der Waals surface area contributed by atoms with E-state index in [2.05, 4.69) is 102 Å². The van der Waals surface area contributed by atoms with Crippen LogP contribution in [0.4, 0.5) is 11.4 Å². The molecular weight excluding hydrogens is 352 g/mol. The molecule has 1 atom stereocenters. The molecule has 4 aromatic rings. The summed E-state index contributed by atoms with van der Waals surface area (Å²) >= 11 is 0. The first-order valence-electron chi connectivity index (χ1n) is 10.0. The topological polar surface area (TPSA) is 24.4 Å². The fraction of sp³-hybridized carbons (Fsp3) is 0.0741. The second-order valence-electron chi connectivity index (χ2n) is 7.34. The van der Waals surface area contributed by atoms with Crippen molar-refractivity contribution in [2.24, 2.45) is 4.99 Å². The Morgan fingerprint density at radius 2 is 1.17 bits per heavy atom. The van der Waals surface area contributed by atoms with Gasteiger partial charge >= 0.3 is 0 Å². The van der Waals surface area contributed by atoms with Gasteiger partial charge in [-0.05, 0) is 40.8 Å². The Hall–Kier alpha value is -3.65. The van der Waals surface area contributed by atoms with Crippen molar-refractivity contribution in [3.63, 3.8) is 0 Å². The van der Waals surface area contributed by atoms with Crippen molar-refractivity contribution < 1.29 is 0 Å². The van der Waals surface area contributed by atoms with Crippen LogP contribution in [-0.4, -0.2) is 11.8 Å². The molecule has 29 heavy (non-hydrogen) atoms. The molecule has 0 bridgehead atoms. The summed E-state index contributed by atoms with van der Waals surface area (Å²) in [7, 11) is 0. The molecule has 1 heterocycles. The Kier molecular flexibility index (Phi) is 4.67. The van der Waals surface area contributed by atoms with Crippen LogP contribution in [-0.2, 0) is 6.42 Å². The highest BCUT2D eigenvalue weighted by atomic mass is 15.0. The molecule has 1 N–H and O–H groups in total. The van der Waals surface area contributed by atoms with E-state index >= 15 is 0 Å². The highest BCUT2D eigenvalue weighted by Gasteiger charge is 2.23. The summed E-state index contributed by atoms with van der Waals surface area (Å²) in [5.41, 5.74) is 8.10. The average molecular weight is 374 g/mol. The molecule has 0 aromatic heterocycles. The highest BCUT2D eigenvalue weighted by Crippen LogP contribution is 2.32. The number of aliphatic imine (C=N–C) groups is 1. The van der Waals surface area contributed by atoms with E-state index < -0.39 is 0 Å². The number of anilines is 1. The van der Waals surface area contributed by atoms with E-state index in [9.17, 15) is 0 Å². The molecule has 0 radical (unpaired) electrons. The predicted molar refractivity (Wildman–Crippen MR) is 122 cm³/mol. The van der Waals surface area contributed by atoms with Gasteiger partial charge in [-0.1, -0.05) is 97.1 Å². The summed E-state index contributed by atoms with van der Waals surface area (Å²) in [6.07, 6.45) is 0.897. The van der Waals surface area contributed by atoms with Crippen LogP contribution in [0.2, 0.25) is 0 Å². The maximum Gasteiger partial charge on any atom is 0.0865 e. The lowest BCUT2D eigenvalue weighted by molar-refractivity contribution is 0.893. The molecule has 1 aliphatic rings. The standard InChI is InChI=1S/C27H22N2/c1-3-9-20(10-4-1)19-26-27(29-25-14-8-7-13-24(25)28-26)23-17-15-22(16-18-23)21-11-5-2-6-12-21/h1-18,26,28H,19H2. The monoisotopic (exact) mass is 374 g/mol. The molecule has 2 nitrogen and oxygen atoms in total. The zero-order chi connectivity index (χ0) is 19.5. The zero-order valence-electron chi connectivity index (χ0n) is 16.1. The Morgan fingerprint density at radius 1 is 0.586 bits per heavy atom. The lowest BCUT2D eigenvalue weighted by Crippen LogP contribution is -2.34. The van der Waals surface area contributed by atoms with Gasteiger partial charge in [0.1, 0.15) is 0 Å². The second kappa shape index (κ2) is 7.76. The third-order valence-corrected chi connectivity index (χ3v) is 5.38. The third kappa shape index (κ3) is 3.70. The average Bonchev–Trinajstić information content (AvgIpc) is 2.80. The van der Waals surface area contributed by atoms with Gasteiger partial charge in [-0.3, -0.25) is 0 Å². The minimum absolute atomic E-state index is 0.134. The molecule has 4 aromatic carbocycles. The van der Waals surface area contributed by atoms with Gasteiger partial charge in [0, 0.05) is 0 Å². The summed E-state index contributed by atoms with van der Waals surface area (Å²) < 4.78 is 0. The number of hydrogen-bond donors (Lipinski definition) is 1. The summed E-state index contributed by atoms with van der Waals surface area (Å²) in [6, 6.07) is 38.2. The molecule has 2 heteroatoms. The quantitative estimate of drug-likeness (QED) is 0.432. The van der Waals surface area contributed by atoms with Gasteiger partial charge in [-0.15, -0.1) is 0 Å². The molecule has 0 aliphatic carbocycles. The smallest absolute Gasteiger partial charge is 0.0865 e. The highest BCUT2D eigenvalue weighted by molar-refractivity contribution is 6.09. The number of rotatable bonds is 4. The van der Waals surface area contributed by atoms with Crippen LogP contribution in [0, 0.1) is 0 Å². The Balaban J connectivity index is 1.51. The Labute approximate surface area is 171 Å². The van der Waals surface area contributed by atoms with E-state index in [1.54, 1.807) is 0 Å². The SMILES string of the molecule is c1ccc(CC2Nc3ccccc3N=C2c2ccc(-c3ccccc3)cc2)cc1. The van der Waals surface area contributed by atoms with Crippen LogP contribution >= 0.6 is 0 Å². The van der Waals surface area contributed by atoms with Crippen molar-refractivity contribution in [2.45, 2.75) is 12.5 Å². The number of nitrogens with zero attached hydrogens (tertiary/aromatic N) is 1. The lowest BCUT2D eigenvalue weighted by Gasteiger charge is -2.27. The molecule has 0 fully saturated rings. The van der Waals surface area contributed by atoms with E-state index in [4.69, 9.17) is 4.99 Å². The molecule has 1 aliphatic heterocycles. The van der Waals surface area contributed by atoms with Crippen molar-refractivity contribution >= 4 is 17.1 Å². The summed E-state index contributed by atoms with van der Waals surface area (Å²) in [5.74, 6) is 0. The van der Waals surface area contributed by atoms with Crippen molar-refractivity contribution in [1.29, 1.82) is 0 Å². The number of fused-ring (bicyclic) bond motifs is 1. The second-order valence-corrected chi connectivity index (χ2v) is 7.34. The van der Waals surface area contributed by atoms with Crippen molar-refractivity contribution in [3.05, 3.63) is 120 Å². The predicted octanol–water partition coefficient (Wildman–Crippen LogP) is 6.51. The lowest BCUT2D eigenvalue weighted by atomic mass is 9.93. The van der Waals surface area contributed by atoms with Crippen molar-refractivity contribution in [3.8, 4) is 11.1 Å². The Bertz CT molecular complexity index is 1130. The molecular formula is C27H22N2. The molecule has 1 unspecified atom stereocenters. The van der Waals surface area contributed by atoms with Crippen LogP contribution in [0.15, 0.2) is 114 Å².